The standard InChI is InChI=1S/C12H20N6O2/c1-16(2)10(19)8-17-3-5-18(6-4-17)12(20)11-9(13)7-14-15-11/h7H,3-6,8,13H2,1-2H3,(H,14,15). The predicted molar refractivity (Wildman–Crippen MR) is 74.0 cm³/mol. The second-order valence-corrected chi connectivity index (χ2v) is 5.06. The zero-order valence-electron chi connectivity index (χ0n) is 11.8. The highest BCUT2D eigenvalue weighted by Gasteiger charge is 2.25. The van der Waals surface area contributed by atoms with Gasteiger partial charge in [-0.15, -0.1) is 0 Å². The number of aromatic amines is 1. The van der Waals surface area contributed by atoms with Crippen molar-refractivity contribution in [3.63, 3.8) is 0 Å². The van der Waals surface area contributed by atoms with Crippen LogP contribution >= 0.6 is 0 Å². The van der Waals surface area contributed by atoms with Crippen molar-refractivity contribution in [2.45, 2.75) is 0 Å². The molecule has 1 fully saturated rings. The number of nitrogens with zero attached hydrogens (tertiary/aromatic N) is 4. The number of hydrogen-bond acceptors (Lipinski definition) is 5. The minimum Gasteiger partial charge on any atom is -0.396 e. The van der Waals surface area contributed by atoms with Crippen LogP contribution in [0.2, 0.25) is 0 Å². The first-order valence-corrected chi connectivity index (χ1v) is 6.49. The second-order valence-electron chi connectivity index (χ2n) is 5.06. The van der Waals surface area contributed by atoms with Gasteiger partial charge in [0.25, 0.3) is 5.91 Å². The molecule has 1 aliphatic heterocycles. The summed E-state index contributed by atoms with van der Waals surface area (Å²) in [5, 5.41) is 6.37. The summed E-state index contributed by atoms with van der Waals surface area (Å²) in [4.78, 5) is 29.2. The van der Waals surface area contributed by atoms with Gasteiger partial charge in [0, 0.05) is 40.3 Å². The van der Waals surface area contributed by atoms with Crippen LogP contribution in [0.25, 0.3) is 0 Å². The number of rotatable bonds is 3. The van der Waals surface area contributed by atoms with Gasteiger partial charge in [0.2, 0.25) is 5.91 Å². The van der Waals surface area contributed by atoms with E-state index in [-0.39, 0.29) is 11.8 Å². The monoisotopic (exact) mass is 280 g/mol. The largest absolute Gasteiger partial charge is 0.396 e. The molecule has 1 aliphatic rings. The van der Waals surface area contributed by atoms with Crippen molar-refractivity contribution in [2.75, 3.05) is 52.6 Å². The number of carbonyl (C=O) groups is 2. The highest BCUT2D eigenvalue weighted by atomic mass is 16.2. The zero-order valence-corrected chi connectivity index (χ0v) is 11.8. The van der Waals surface area contributed by atoms with E-state index in [9.17, 15) is 9.59 Å². The van der Waals surface area contributed by atoms with Gasteiger partial charge in [-0.25, -0.2) is 0 Å². The van der Waals surface area contributed by atoms with Crippen LogP contribution in [0, 0.1) is 0 Å². The molecule has 110 valence electrons. The smallest absolute Gasteiger partial charge is 0.274 e. The molecule has 1 saturated heterocycles. The van der Waals surface area contributed by atoms with Crippen LogP contribution in [0.15, 0.2) is 6.20 Å². The minimum absolute atomic E-state index is 0.0718. The minimum atomic E-state index is -0.140. The Bertz CT molecular complexity index is 490. The fourth-order valence-corrected chi connectivity index (χ4v) is 2.07. The first-order valence-electron chi connectivity index (χ1n) is 6.49. The van der Waals surface area contributed by atoms with Crippen molar-refractivity contribution in [1.29, 1.82) is 0 Å². The number of nitrogens with two attached hydrogens (primary N) is 1. The number of likely N-dealkylation sites (N-methyl/N-ethyl adjacent to an activating group) is 1. The number of anilines is 1. The van der Waals surface area contributed by atoms with Crippen LogP contribution in [0.1, 0.15) is 10.5 Å². The van der Waals surface area contributed by atoms with Crippen molar-refractivity contribution >= 4 is 17.5 Å². The Hall–Kier alpha value is -2.09. The summed E-state index contributed by atoms with van der Waals surface area (Å²) in [6.45, 7) is 2.91. The van der Waals surface area contributed by atoms with Crippen LogP contribution in [-0.4, -0.2) is 83.5 Å². The van der Waals surface area contributed by atoms with Gasteiger partial charge in [0.1, 0.15) is 5.69 Å². The Morgan fingerprint density at radius 2 is 2.00 bits per heavy atom. The molecule has 20 heavy (non-hydrogen) atoms. The molecule has 0 spiro atoms. The summed E-state index contributed by atoms with van der Waals surface area (Å²) < 4.78 is 0. The summed E-state index contributed by atoms with van der Waals surface area (Å²) in [5.41, 5.74) is 6.37. The average Bonchev–Trinajstić information content (AvgIpc) is 2.85. The maximum Gasteiger partial charge on any atom is 0.274 e. The van der Waals surface area contributed by atoms with Gasteiger partial charge >= 0.3 is 0 Å². The Labute approximate surface area is 117 Å². The van der Waals surface area contributed by atoms with Crippen LogP contribution in [0.5, 0.6) is 0 Å². The van der Waals surface area contributed by atoms with E-state index in [2.05, 4.69) is 10.2 Å². The van der Waals surface area contributed by atoms with E-state index >= 15 is 0 Å². The van der Waals surface area contributed by atoms with E-state index in [1.165, 1.54) is 6.20 Å². The first kappa shape index (κ1) is 14.3. The highest BCUT2D eigenvalue weighted by Crippen LogP contribution is 2.12. The third-order valence-corrected chi connectivity index (χ3v) is 3.40. The Kier molecular flexibility index (Phi) is 4.23. The van der Waals surface area contributed by atoms with Crippen molar-refractivity contribution in [3.05, 3.63) is 11.9 Å². The van der Waals surface area contributed by atoms with E-state index in [1.807, 2.05) is 4.90 Å². The van der Waals surface area contributed by atoms with E-state index in [0.717, 1.165) is 0 Å². The summed E-state index contributed by atoms with van der Waals surface area (Å²) in [6, 6.07) is 0. The molecule has 8 heteroatoms. The molecular weight excluding hydrogens is 260 g/mol. The number of aromatic nitrogens is 2. The quantitative estimate of drug-likeness (QED) is 0.727. The third kappa shape index (κ3) is 3.08. The molecule has 1 aromatic rings. The lowest BCUT2D eigenvalue weighted by molar-refractivity contribution is -0.130. The summed E-state index contributed by atoms with van der Waals surface area (Å²) in [5.74, 6) is -0.0684. The summed E-state index contributed by atoms with van der Waals surface area (Å²) >= 11 is 0. The van der Waals surface area contributed by atoms with Crippen LogP contribution in [0.3, 0.4) is 0 Å². The zero-order chi connectivity index (χ0) is 14.7. The maximum atomic E-state index is 12.2. The number of amides is 2. The normalized spacial score (nSPS) is 16.2. The van der Waals surface area contributed by atoms with Gasteiger partial charge in [-0.2, -0.15) is 5.10 Å². The maximum absolute atomic E-state index is 12.2. The van der Waals surface area contributed by atoms with Crippen LogP contribution in [-0.2, 0) is 4.79 Å². The number of piperazine rings is 1. The van der Waals surface area contributed by atoms with Gasteiger partial charge in [-0.3, -0.25) is 19.6 Å². The van der Waals surface area contributed by atoms with E-state index in [0.29, 0.717) is 44.1 Å². The number of nitrogens with one attached hydrogen (secondary N) is 1. The predicted octanol–water partition coefficient (Wildman–Crippen LogP) is -1.16. The SMILES string of the molecule is CN(C)C(=O)CN1CCN(C(=O)c2[nH]ncc2N)CC1. The highest BCUT2D eigenvalue weighted by molar-refractivity contribution is 5.97. The summed E-state index contributed by atoms with van der Waals surface area (Å²) in [7, 11) is 3.48. The van der Waals surface area contributed by atoms with Crippen molar-refractivity contribution in [1.82, 2.24) is 24.9 Å². The molecule has 0 aromatic carbocycles. The van der Waals surface area contributed by atoms with Gasteiger partial charge in [0.15, 0.2) is 0 Å². The van der Waals surface area contributed by atoms with E-state index in [4.69, 9.17) is 5.73 Å². The van der Waals surface area contributed by atoms with Gasteiger partial charge in [-0.05, 0) is 0 Å². The molecule has 8 nitrogen and oxygen atoms in total. The van der Waals surface area contributed by atoms with Gasteiger partial charge in [0.05, 0.1) is 18.4 Å². The lowest BCUT2D eigenvalue weighted by atomic mass is 10.2. The second kappa shape index (κ2) is 5.91. The fraction of sp³-hybridized carbons (Fsp3) is 0.583. The number of hydrogen-bond donors (Lipinski definition) is 2. The Balaban J connectivity index is 1.87. The van der Waals surface area contributed by atoms with Crippen LogP contribution < -0.4 is 5.73 Å². The van der Waals surface area contributed by atoms with Gasteiger partial charge < -0.3 is 15.5 Å². The van der Waals surface area contributed by atoms with E-state index in [1.54, 1.807) is 23.9 Å². The lowest BCUT2D eigenvalue weighted by Gasteiger charge is -2.34. The molecule has 0 unspecified atom stereocenters. The molecule has 2 rings (SSSR count). The molecular formula is C12H20N6O2. The van der Waals surface area contributed by atoms with Gasteiger partial charge in [-0.1, -0.05) is 0 Å². The first-order chi connectivity index (χ1) is 9.49. The van der Waals surface area contributed by atoms with Crippen molar-refractivity contribution in [2.24, 2.45) is 0 Å². The molecule has 3 N–H and O–H groups in total. The molecule has 0 saturated carbocycles. The molecule has 0 atom stereocenters. The number of carbonyl (C=O) groups excluding carboxylic acids is 2. The molecule has 0 aliphatic carbocycles. The van der Waals surface area contributed by atoms with Crippen LogP contribution in [0.4, 0.5) is 5.69 Å². The van der Waals surface area contributed by atoms with Crippen molar-refractivity contribution in [3.8, 4) is 0 Å². The third-order valence-electron chi connectivity index (χ3n) is 3.40. The molecule has 2 heterocycles. The number of H-pyrrole nitrogens is 1. The fourth-order valence-electron chi connectivity index (χ4n) is 2.07. The lowest BCUT2D eigenvalue weighted by Crippen LogP contribution is -2.51. The Morgan fingerprint density at radius 3 is 2.50 bits per heavy atom. The molecule has 0 bridgehead atoms. The average molecular weight is 280 g/mol. The summed E-state index contributed by atoms with van der Waals surface area (Å²) in [6.07, 6.45) is 1.43. The molecule has 0 radical (unpaired) electrons. The Morgan fingerprint density at radius 1 is 1.35 bits per heavy atom. The van der Waals surface area contributed by atoms with Crippen molar-refractivity contribution < 1.29 is 9.59 Å². The topological polar surface area (TPSA) is 98.6 Å². The number of nitrogen functional groups attached to an aromatic ring is 1. The molecule has 1 aromatic heterocycles. The molecule has 2 amide bonds. The van der Waals surface area contributed by atoms with E-state index < -0.39 is 0 Å².